The van der Waals surface area contributed by atoms with Gasteiger partial charge in [-0.3, -0.25) is 9.48 Å². The number of alkyl carbamates (subject to hydrolysis) is 1. The van der Waals surface area contributed by atoms with Crippen LogP contribution in [0.25, 0.3) is 16.9 Å². The zero-order valence-corrected chi connectivity index (χ0v) is 21.4. The molecule has 11 nitrogen and oxygen atoms in total. The Morgan fingerprint density at radius 1 is 1.24 bits per heavy atom. The van der Waals surface area contributed by atoms with Crippen LogP contribution in [0.1, 0.15) is 31.1 Å². The number of aromatic nitrogens is 5. The van der Waals surface area contributed by atoms with E-state index in [9.17, 15) is 18.4 Å². The summed E-state index contributed by atoms with van der Waals surface area (Å²) in [7, 11) is 0. The van der Waals surface area contributed by atoms with Crippen LogP contribution < -0.4 is 15.4 Å². The molecule has 4 rings (SSSR count). The fraction of sp³-hybridized carbons (Fsp3) is 0.292. The van der Waals surface area contributed by atoms with E-state index in [4.69, 9.17) is 16.3 Å². The maximum Gasteiger partial charge on any atom is 0.407 e. The maximum absolute atomic E-state index is 13.2. The van der Waals surface area contributed by atoms with Gasteiger partial charge in [-0.15, -0.1) is 0 Å². The number of carbonyl (C=O) groups excluding carboxylic acids is 2. The summed E-state index contributed by atoms with van der Waals surface area (Å²) < 4.78 is 39.0. The first kappa shape index (κ1) is 26.8. The van der Waals surface area contributed by atoms with Gasteiger partial charge in [0.15, 0.2) is 5.65 Å². The molecule has 2 N–H and O–H groups in total. The first-order valence-corrected chi connectivity index (χ1v) is 11.8. The zero-order valence-electron chi connectivity index (χ0n) is 20.6. The van der Waals surface area contributed by atoms with Gasteiger partial charge >= 0.3 is 12.7 Å². The van der Waals surface area contributed by atoms with Gasteiger partial charge in [-0.1, -0.05) is 11.6 Å². The molecule has 0 atom stereocenters. The van der Waals surface area contributed by atoms with Crippen molar-refractivity contribution in [2.24, 2.45) is 0 Å². The number of fused-ring (bicyclic) bond motifs is 1. The SMILES string of the molecule is CC(C)(C)OC(=O)NCCn1cc(NC(=O)c2cnn3cccnc23)c(-c2cc(Cl)ccc2OC(F)F)n1. The second-order valence-electron chi connectivity index (χ2n) is 9.00. The largest absolute Gasteiger partial charge is 0.444 e. The Hall–Kier alpha value is -4.26. The second-order valence-corrected chi connectivity index (χ2v) is 9.44. The van der Waals surface area contributed by atoms with E-state index < -0.39 is 24.2 Å². The lowest BCUT2D eigenvalue weighted by atomic mass is 10.1. The van der Waals surface area contributed by atoms with E-state index in [0.717, 1.165) is 0 Å². The van der Waals surface area contributed by atoms with Crippen LogP contribution in [0.2, 0.25) is 5.02 Å². The van der Waals surface area contributed by atoms with Crippen LogP contribution in [0.5, 0.6) is 5.75 Å². The molecule has 0 saturated heterocycles. The van der Waals surface area contributed by atoms with Crippen molar-refractivity contribution in [2.45, 2.75) is 39.5 Å². The minimum absolute atomic E-state index is 0.123. The number of ether oxygens (including phenoxy) is 2. The van der Waals surface area contributed by atoms with Crippen LogP contribution in [-0.4, -0.2) is 55.1 Å². The molecule has 0 fully saturated rings. The Morgan fingerprint density at radius 3 is 2.76 bits per heavy atom. The van der Waals surface area contributed by atoms with Gasteiger partial charge in [0.25, 0.3) is 5.91 Å². The van der Waals surface area contributed by atoms with Crippen molar-refractivity contribution < 1.29 is 27.8 Å². The molecule has 0 aliphatic carbocycles. The van der Waals surface area contributed by atoms with Crippen LogP contribution in [0.4, 0.5) is 19.3 Å². The highest BCUT2D eigenvalue weighted by Gasteiger charge is 2.22. The third kappa shape index (κ3) is 6.54. The highest BCUT2D eigenvalue weighted by molar-refractivity contribution is 6.31. The van der Waals surface area contributed by atoms with Crippen molar-refractivity contribution in [3.8, 4) is 17.0 Å². The average Bonchev–Trinajstić information content (AvgIpc) is 3.43. The van der Waals surface area contributed by atoms with Gasteiger partial charge in [-0.05, 0) is 45.0 Å². The number of hydrogen-bond acceptors (Lipinski definition) is 7. The van der Waals surface area contributed by atoms with Crippen LogP contribution >= 0.6 is 11.6 Å². The van der Waals surface area contributed by atoms with Crippen molar-refractivity contribution in [2.75, 3.05) is 11.9 Å². The van der Waals surface area contributed by atoms with Crippen molar-refractivity contribution >= 4 is 34.9 Å². The number of hydrogen-bond donors (Lipinski definition) is 2. The molecule has 4 aromatic rings. The summed E-state index contributed by atoms with van der Waals surface area (Å²) in [5.74, 6) is -0.737. The van der Waals surface area contributed by atoms with Crippen LogP contribution in [0, 0.1) is 0 Å². The first-order chi connectivity index (χ1) is 18.0. The highest BCUT2D eigenvalue weighted by Crippen LogP contribution is 2.37. The molecular formula is C24H24ClF2N7O4. The number of nitrogens with one attached hydrogen (secondary N) is 2. The topological polar surface area (TPSA) is 125 Å². The van der Waals surface area contributed by atoms with Gasteiger partial charge in [0.05, 0.1) is 18.4 Å². The van der Waals surface area contributed by atoms with Crippen LogP contribution in [0.15, 0.2) is 49.1 Å². The molecule has 0 spiro atoms. The Morgan fingerprint density at radius 2 is 2.03 bits per heavy atom. The smallest absolute Gasteiger partial charge is 0.407 e. The number of nitrogens with zero attached hydrogens (tertiary/aromatic N) is 5. The van der Waals surface area contributed by atoms with Crippen molar-refractivity contribution in [1.82, 2.24) is 29.7 Å². The molecule has 38 heavy (non-hydrogen) atoms. The second kappa shape index (κ2) is 11.0. The van der Waals surface area contributed by atoms with E-state index in [1.54, 1.807) is 33.0 Å². The zero-order chi connectivity index (χ0) is 27.4. The van der Waals surface area contributed by atoms with E-state index in [1.165, 1.54) is 46.0 Å². The van der Waals surface area contributed by atoms with E-state index in [-0.39, 0.29) is 46.4 Å². The number of rotatable bonds is 8. The summed E-state index contributed by atoms with van der Waals surface area (Å²) in [4.78, 5) is 29.3. The molecular weight excluding hydrogens is 524 g/mol. The standard InChI is InChI=1S/C24H24ClF2N7O4/c1-24(2,3)38-23(36)29-8-10-33-13-17(31-21(35)16-12-30-34-9-4-7-28-20(16)34)19(32-33)15-11-14(25)5-6-18(15)37-22(26)27/h4-7,9,11-13,22H,8,10H2,1-3H3,(H,29,36)(H,31,35). The normalized spacial score (nSPS) is 11.6. The summed E-state index contributed by atoms with van der Waals surface area (Å²) in [5, 5.41) is 14.2. The Balaban J connectivity index is 1.65. The number of halogens is 3. The summed E-state index contributed by atoms with van der Waals surface area (Å²) in [5.41, 5.74) is 0.282. The fourth-order valence-corrected chi connectivity index (χ4v) is 3.65. The van der Waals surface area contributed by atoms with Gasteiger partial charge in [-0.2, -0.15) is 19.0 Å². The summed E-state index contributed by atoms with van der Waals surface area (Å²) in [6.45, 7) is 2.43. The molecule has 0 bridgehead atoms. The van der Waals surface area contributed by atoms with Crippen molar-refractivity contribution in [3.63, 3.8) is 0 Å². The van der Waals surface area contributed by atoms with Gasteiger partial charge < -0.3 is 20.1 Å². The third-order valence-electron chi connectivity index (χ3n) is 4.96. The lowest BCUT2D eigenvalue weighted by molar-refractivity contribution is -0.0494. The highest BCUT2D eigenvalue weighted by atomic mass is 35.5. The van der Waals surface area contributed by atoms with Gasteiger partial charge in [0, 0.05) is 35.7 Å². The summed E-state index contributed by atoms with van der Waals surface area (Å²) in [6, 6.07) is 5.75. The molecule has 0 radical (unpaired) electrons. The Labute approximate surface area is 220 Å². The molecule has 200 valence electrons. The van der Waals surface area contributed by atoms with Crippen molar-refractivity contribution in [1.29, 1.82) is 0 Å². The first-order valence-electron chi connectivity index (χ1n) is 11.4. The quantitative estimate of drug-likeness (QED) is 0.329. The van der Waals surface area contributed by atoms with E-state index in [2.05, 4.69) is 30.6 Å². The molecule has 14 heteroatoms. The minimum Gasteiger partial charge on any atom is -0.444 e. The fourth-order valence-electron chi connectivity index (χ4n) is 3.48. The maximum atomic E-state index is 13.2. The number of amides is 2. The monoisotopic (exact) mass is 547 g/mol. The number of alkyl halides is 2. The lowest BCUT2D eigenvalue weighted by Crippen LogP contribution is -2.34. The molecule has 3 aromatic heterocycles. The molecule has 0 saturated carbocycles. The van der Waals surface area contributed by atoms with Crippen molar-refractivity contribution in [3.05, 3.63) is 59.6 Å². The molecule has 0 aliphatic heterocycles. The molecule has 0 unspecified atom stereocenters. The molecule has 0 aliphatic rings. The molecule has 2 amide bonds. The van der Waals surface area contributed by atoms with E-state index in [1.807, 2.05) is 0 Å². The average molecular weight is 548 g/mol. The number of carbonyl (C=O) groups is 2. The molecule has 1 aromatic carbocycles. The third-order valence-corrected chi connectivity index (χ3v) is 5.19. The predicted molar refractivity (Wildman–Crippen MR) is 134 cm³/mol. The Kier molecular flexibility index (Phi) is 7.76. The van der Waals surface area contributed by atoms with E-state index >= 15 is 0 Å². The van der Waals surface area contributed by atoms with E-state index in [0.29, 0.717) is 5.65 Å². The lowest BCUT2D eigenvalue weighted by Gasteiger charge is -2.19. The summed E-state index contributed by atoms with van der Waals surface area (Å²) in [6.07, 6.45) is 5.41. The van der Waals surface area contributed by atoms with Gasteiger partial charge in [0.1, 0.15) is 22.6 Å². The van der Waals surface area contributed by atoms with Crippen LogP contribution in [-0.2, 0) is 11.3 Å². The molecule has 3 heterocycles. The van der Waals surface area contributed by atoms with Gasteiger partial charge in [-0.25, -0.2) is 14.3 Å². The predicted octanol–water partition coefficient (Wildman–Crippen LogP) is 4.62. The number of anilines is 1. The number of benzene rings is 1. The van der Waals surface area contributed by atoms with Crippen LogP contribution in [0.3, 0.4) is 0 Å². The summed E-state index contributed by atoms with van der Waals surface area (Å²) >= 11 is 6.14. The Bertz CT molecular complexity index is 1470. The van der Waals surface area contributed by atoms with Gasteiger partial charge in [0.2, 0.25) is 0 Å². The minimum atomic E-state index is -3.10.